The summed E-state index contributed by atoms with van der Waals surface area (Å²) < 4.78 is 10.2. The van der Waals surface area contributed by atoms with Crippen LogP contribution in [0, 0.1) is 11.3 Å². The van der Waals surface area contributed by atoms with Crippen LogP contribution in [0.1, 0.15) is 11.1 Å². The van der Waals surface area contributed by atoms with E-state index < -0.39 is 5.97 Å². The number of aromatic nitrogens is 2. The molecule has 4 rings (SSSR count). The summed E-state index contributed by atoms with van der Waals surface area (Å²) in [6.07, 6.45) is 6.64. The van der Waals surface area contributed by atoms with Crippen LogP contribution < -0.4 is 51.4 Å². The summed E-state index contributed by atoms with van der Waals surface area (Å²) in [7, 11) is 0. The molecule has 27 heavy (non-hydrogen) atoms. The van der Waals surface area contributed by atoms with Crippen molar-refractivity contribution in [2.45, 2.75) is 12.8 Å². The number of carbonyl (C=O) groups is 1. The Morgan fingerprint density at radius 2 is 1.56 bits per heavy atom. The zero-order valence-electron chi connectivity index (χ0n) is 14.5. The van der Waals surface area contributed by atoms with Crippen molar-refractivity contribution in [2.24, 2.45) is 0 Å². The van der Waals surface area contributed by atoms with Crippen LogP contribution in [-0.2, 0) is 17.6 Å². The molecule has 0 saturated carbocycles. The van der Waals surface area contributed by atoms with Gasteiger partial charge < -0.3 is 19.4 Å². The quantitative estimate of drug-likeness (QED) is 0.487. The summed E-state index contributed by atoms with van der Waals surface area (Å²) in [6.45, 7) is 0. The Morgan fingerprint density at radius 3 is 2.07 bits per heavy atom. The summed E-state index contributed by atoms with van der Waals surface area (Å²) in [6, 6.07) is 9.36. The van der Waals surface area contributed by atoms with Gasteiger partial charge in [0.1, 0.15) is 0 Å². The SMILES string of the molecule is N#CCc1coc2ncccc12.O=C(O)Cc1coc2ncccc12.[K+].[OH-]. The minimum atomic E-state index is -0.869. The van der Waals surface area contributed by atoms with Gasteiger partial charge in [-0.05, 0) is 24.3 Å². The molecular formula is C18H14KN3O5. The molecule has 132 valence electrons. The van der Waals surface area contributed by atoms with Gasteiger partial charge in [-0.3, -0.25) is 4.79 Å². The van der Waals surface area contributed by atoms with Crippen molar-refractivity contribution in [3.05, 3.63) is 60.3 Å². The van der Waals surface area contributed by atoms with E-state index in [1.54, 1.807) is 30.8 Å². The maximum Gasteiger partial charge on any atom is 1.00 e. The second-order valence-electron chi connectivity index (χ2n) is 5.14. The van der Waals surface area contributed by atoms with E-state index in [0.717, 1.165) is 16.3 Å². The minimum Gasteiger partial charge on any atom is -0.870 e. The van der Waals surface area contributed by atoms with Gasteiger partial charge in [0.25, 0.3) is 0 Å². The third-order valence-corrected chi connectivity index (χ3v) is 3.47. The molecule has 9 heteroatoms. The monoisotopic (exact) mass is 391 g/mol. The number of fused-ring (bicyclic) bond motifs is 2. The summed E-state index contributed by atoms with van der Waals surface area (Å²) in [5.74, 6) is -0.869. The molecule has 0 unspecified atom stereocenters. The van der Waals surface area contributed by atoms with Crippen LogP contribution in [-0.4, -0.2) is 26.5 Å². The molecule has 0 spiro atoms. The first kappa shape index (κ1) is 23.0. The number of carboxylic acids is 1. The molecule has 0 radical (unpaired) electrons. The molecule has 0 aliphatic heterocycles. The molecule has 0 saturated heterocycles. The standard InChI is InChI=1S/C9H6N2O.C9H7NO3.K.H2O/c10-4-3-7-6-12-9-8(7)2-1-5-11-9;11-8(12)4-6-5-13-9-7(6)2-1-3-10-9;;/h1-2,5-6H,3H2;1-3,5H,4H2,(H,11,12);;1H2/q;;+1;/p-1. The second kappa shape index (κ2) is 10.9. The topological polar surface area (TPSA) is 143 Å². The molecule has 8 nitrogen and oxygen atoms in total. The molecular weight excluding hydrogens is 377 g/mol. The van der Waals surface area contributed by atoms with Crippen LogP contribution in [0.3, 0.4) is 0 Å². The summed E-state index contributed by atoms with van der Waals surface area (Å²) >= 11 is 0. The van der Waals surface area contributed by atoms with Crippen molar-refractivity contribution < 1.29 is 75.6 Å². The van der Waals surface area contributed by atoms with E-state index in [1.165, 1.54) is 6.26 Å². The van der Waals surface area contributed by atoms with Gasteiger partial charge in [-0.15, -0.1) is 0 Å². The van der Waals surface area contributed by atoms with Crippen LogP contribution in [0.25, 0.3) is 22.2 Å². The zero-order chi connectivity index (χ0) is 17.6. The number of hydrogen-bond donors (Lipinski definition) is 1. The molecule has 4 aromatic heterocycles. The van der Waals surface area contributed by atoms with Crippen LogP contribution >= 0.6 is 0 Å². The van der Waals surface area contributed by atoms with Crippen LogP contribution in [0.15, 0.2) is 58.0 Å². The number of carboxylic acid groups (broad SMARTS) is 1. The van der Waals surface area contributed by atoms with Gasteiger partial charge in [-0.1, -0.05) is 0 Å². The van der Waals surface area contributed by atoms with Crippen molar-refractivity contribution in [1.29, 1.82) is 5.26 Å². The zero-order valence-corrected chi connectivity index (χ0v) is 17.6. The molecule has 4 heterocycles. The van der Waals surface area contributed by atoms with Gasteiger partial charge in [0, 0.05) is 34.3 Å². The number of nitrogens with zero attached hydrogens (tertiary/aromatic N) is 3. The van der Waals surface area contributed by atoms with Gasteiger partial charge in [-0.2, -0.15) is 5.26 Å². The predicted octanol–water partition coefficient (Wildman–Crippen LogP) is 0.176. The average molecular weight is 391 g/mol. The van der Waals surface area contributed by atoms with E-state index in [-0.39, 0.29) is 63.3 Å². The fraction of sp³-hybridized carbons (Fsp3) is 0.111. The summed E-state index contributed by atoms with van der Waals surface area (Å²) in [4.78, 5) is 18.4. The summed E-state index contributed by atoms with van der Waals surface area (Å²) in [5, 5.41) is 18.8. The summed E-state index contributed by atoms with van der Waals surface area (Å²) in [5.41, 5.74) is 2.65. The maximum absolute atomic E-state index is 10.4. The molecule has 0 aliphatic carbocycles. The molecule has 4 aromatic rings. The Labute approximate surface area is 196 Å². The van der Waals surface area contributed by atoms with E-state index in [9.17, 15) is 4.79 Å². The van der Waals surface area contributed by atoms with E-state index >= 15 is 0 Å². The van der Waals surface area contributed by atoms with Crippen molar-refractivity contribution in [2.75, 3.05) is 0 Å². The molecule has 0 amide bonds. The van der Waals surface area contributed by atoms with Crippen molar-refractivity contribution >= 4 is 28.2 Å². The Kier molecular flexibility index (Phi) is 9.30. The molecule has 0 atom stereocenters. The number of hydrogen-bond acceptors (Lipinski definition) is 7. The Hall–Kier alpha value is -2.06. The third-order valence-electron chi connectivity index (χ3n) is 3.47. The van der Waals surface area contributed by atoms with Gasteiger partial charge in [0.15, 0.2) is 0 Å². The largest absolute Gasteiger partial charge is 1.00 e. The molecule has 0 bridgehead atoms. The van der Waals surface area contributed by atoms with E-state index in [4.69, 9.17) is 19.2 Å². The Morgan fingerprint density at radius 1 is 1.04 bits per heavy atom. The smallest absolute Gasteiger partial charge is 0.870 e. The molecule has 0 fully saturated rings. The number of rotatable bonds is 3. The average Bonchev–Trinajstić information content (AvgIpc) is 3.21. The minimum absolute atomic E-state index is 0. The normalized spacial score (nSPS) is 9.44. The third kappa shape index (κ3) is 5.70. The van der Waals surface area contributed by atoms with Gasteiger partial charge >= 0.3 is 57.4 Å². The first-order valence-corrected chi connectivity index (χ1v) is 7.40. The van der Waals surface area contributed by atoms with Gasteiger partial charge in [0.05, 0.1) is 31.4 Å². The number of nitriles is 1. The fourth-order valence-electron chi connectivity index (χ4n) is 2.36. The predicted molar refractivity (Wildman–Crippen MR) is 90.6 cm³/mol. The van der Waals surface area contributed by atoms with Crippen LogP contribution in [0.5, 0.6) is 0 Å². The van der Waals surface area contributed by atoms with Gasteiger partial charge in [-0.25, -0.2) is 9.97 Å². The van der Waals surface area contributed by atoms with E-state index in [1.807, 2.05) is 12.1 Å². The van der Waals surface area contributed by atoms with Crippen molar-refractivity contribution in [3.8, 4) is 6.07 Å². The fourth-order valence-corrected chi connectivity index (χ4v) is 2.36. The first-order valence-electron chi connectivity index (χ1n) is 7.40. The van der Waals surface area contributed by atoms with Crippen molar-refractivity contribution in [1.82, 2.24) is 9.97 Å². The number of furan rings is 2. The van der Waals surface area contributed by atoms with E-state index in [2.05, 4.69) is 16.0 Å². The van der Waals surface area contributed by atoms with E-state index in [0.29, 0.717) is 23.4 Å². The van der Waals surface area contributed by atoms with Crippen LogP contribution in [0.2, 0.25) is 0 Å². The van der Waals surface area contributed by atoms with Crippen molar-refractivity contribution in [3.63, 3.8) is 0 Å². The number of aliphatic carboxylic acids is 1. The molecule has 0 aromatic carbocycles. The number of pyridine rings is 2. The Balaban J connectivity index is 0.000000252. The molecule has 0 aliphatic rings. The first-order chi connectivity index (χ1) is 12.2. The van der Waals surface area contributed by atoms with Crippen LogP contribution in [0.4, 0.5) is 0 Å². The van der Waals surface area contributed by atoms with Gasteiger partial charge in [0.2, 0.25) is 11.4 Å². The molecule has 2 N–H and O–H groups in total. The second-order valence-corrected chi connectivity index (χ2v) is 5.14. The maximum atomic E-state index is 10.4. The Bertz CT molecular complexity index is 1070.